The zero-order valence-corrected chi connectivity index (χ0v) is 20.0. The molecule has 1 saturated carbocycles. The van der Waals surface area contributed by atoms with E-state index in [2.05, 4.69) is 20.9 Å². The van der Waals surface area contributed by atoms with E-state index >= 15 is 0 Å². The summed E-state index contributed by atoms with van der Waals surface area (Å²) >= 11 is 0. The van der Waals surface area contributed by atoms with Crippen molar-refractivity contribution in [2.24, 2.45) is 5.92 Å². The van der Waals surface area contributed by atoms with Crippen LogP contribution < -0.4 is 16.0 Å². The van der Waals surface area contributed by atoms with Crippen LogP contribution in [-0.4, -0.2) is 41.5 Å². The molecule has 2 atom stereocenters. The highest BCUT2D eigenvalue weighted by atomic mass is 16.5. The first kappa shape index (κ1) is 24.4. The van der Waals surface area contributed by atoms with Gasteiger partial charge in [-0.15, -0.1) is 0 Å². The molecular formula is C26H30N4O5. The Morgan fingerprint density at radius 3 is 2.49 bits per heavy atom. The molecule has 2 aliphatic rings. The molecule has 0 saturated heterocycles. The molecule has 1 fully saturated rings. The van der Waals surface area contributed by atoms with Gasteiger partial charge in [0.2, 0.25) is 5.91 Å². The summed E-state index contributed by atoms with van der Waals surface area (Å²) in [4.78, 5) is 41.0. The zero-order chi connectivity index (χ0) is 25.0. The van der Waals surface area contributed by atoms with Crippen molar-refractivity contribution in [2.75, 3.05) is 12.4 Å². The SMILES string of the molecule is COC1C=C(NC(=O)C(=O)NC(C)(C)Cc2ccc(NC(=O)C3CC3)cc2)C=CC1c1cnco1. The summed E-state index contributed by atoms with van der Waals surface area (Å²) in [6, 6.07) is 7.51. The van der Waals surface area contributed by atoms with Crippen LogP contribution in [0.5, 0.6) is 0 Å². The van der Waals surface area contributed by atoms with Crippen LogP contribution >= 0.6 is 0 Å². The van der Waals surface area contributed by atoms with E-state index in [1.54, 1.807) is 25.5 Å². The van der Waals surface area contributed by atoms with Crippen LogP contribution in [0.3, 0.4) is 0 Å². The van der Waals surface area contributed by atoms with E-state index in [4.69, 9.17) is 9.15 Å². The van der Waals surface area contributed by atoms with Crippen LogP contribution in [-0.2, 0) is 25.5 Å². The van der Waals surface area contributed by atoms with E-state index in [0.717, 1.165) is 24.1 Å². The molecule has 0 radical (unpaired) electrons. The Hall–Kier alpha value is -3.72. The number of hydrogen-bond donors (Lipinski definition) is 3. The number of carbonyl (C=O) groups is 3. The fraction of sp³-hybridized carbons (Fsp3) is 0.385. The number of rotatable bonds is 8. The number of carbonyl (C=O) groups excluding carboxylic acids is 3. The second-order valence-corrected chi connectivity index (χ2v) is 9.54. The second kappa shape index (κ2) is 10.3. The quantitative estimate of drug-likeness (QED) is 0.502. The highest BCUT2D eigenvalue weighted by Crippen LogP contribution is 2.30. The number of aromatic nitrogens is 1. The van der Waals surface area contributed by atoms with Crippen molar-refractivity contribution in [1.29, 1.82) is 0 Å². The summed E-state index contributed by atoms with van der Waals surface area (Å²) in [6.45, 7) is 3.70. The molecule has 9 nitrogen and oxygen atoms in total. The van der Waals surface area contributed by atoms with Crippen molar-refractivity contribution < 1.29 is 23.5 Å². The van der Waals surface area contributed by atoms with Crippen molar-refractivity contribution in [3.8, 4) is 0 Å². The predicted octanol–water partition coefficient (Wildman–Crippen LogP) is 2.83. The molecule has 1 heterocycles. The lowest BCUT2D eigenvalue weighted by Crippen LogP contribution is -2.50. The summed E-state index contributed by atoms with van der Waals surface area (Å²) in [5.74, 6) is -0.824. The van der Waals surface area contributed by atoms with E-state index < -0.39 is 17.4 Å². The van der Waals surface area contributed by atoms with E-state index in [0.29, 0.717) is 17.9 Å². The fourth-order valence-corrected chi connectivity index (χ4v) is 4.00. The van der Waals surface area contributed by atoms with E-state index in [1.165, 1.54) is 6.39 Å². The minimum atomic E-state index is -0.764. The number of anilines is 1. The number of amides is 3. The maximum absolute atomic E-state index is 12.6. The van der Waals surface area contributed by atoms with Gasteiger partial charge in [-0.05, 0) is 63.0 Å². The lowest BCUT2D eigenvalue weighted by atomic mass is 9.94. The lowest BCUT2D eigenvalue weighted by Gasteiger charge is -2.27. The summed E-state index contributed by atoms with van der Waals surface area (Å²) in [5, 5.41) is 8.33. The first-order valence-electron chi connectivity index (χ1n) is 11.6. The average molecular weight is 479 g/mol. The summed E-state index contributed by atoms with van der Waals surface area (Å²) in [7, 11) is 1.56. The molecule has 1 aromatic heterocycles. The van der Waals surface area contributed by atoms with Gasteiger partial charge in [0.15, 0.2) is 6.39 Å². The minimum Gasteiger partial charge on any atom is -0.448 e. The molecule has 0 spiro atoms. The van der Waals surface area contributed by atoms with Crippen molar-refractivity contribution in [2.45, 2.75) is 50.7 Å². The van der Waals surface area contributed by atoms with E-state index in [-0.39, 0.29) is 23.8 Å². The molecule has 35 heavy (non-hydrogen) atoms. The van der Waals surface area contributed by atoms with Gasteiger partial charge in [-0.2, -0.15) is 0 Å². The smallest absolute Gasteiger partial charge is 0.313 e. The molecule has 184 valence electrons. The van der Waals surface area contributed by atoms with E-state index in [9.17, 15) is 14.4 Å². The molecule has 0 bridgehead atoms. The fourth-order valence-electron chi connectivity index (χ4n) is 4.00. The van der Waals surface area contributed by atoms with Gasteiger partial charge < -0.3 is 25.1 Å². The van der Waals surface area contributed by atoms with Crippen LogP contribution in [0.2, 0.25) is 0 Å². The van der Waals surface area contributed by atoms with Gasteiger partial charge in [0.1, 0.15) is 5.76 Å². The van der Waals surface area contributed by atoms with Gasteiger partial charge in [-0.1, -0.05) is 18.2 Å². The number of oxazole rings is 1. The molecule has 2 aliphatic carbocycles. The lowest BCUT2D eigenvalue weighted by molar-refractivity contribution is -0.139. The number of ether oxygens (including phenoxy) is 1. The number of allylic oxidation sites excluding steroid dienone is 1. The van der Waals surface area contributed by atoms with Gasteiger partial charge in [-0.3, -0.25) is 14.4 Å². The molecule has 9 heteroatoms. The molecular weight excluding hydrogens is 448 g/mol. The van der Waals surface area contributed by atoms with Crippen molar-refractivity contribution in [1.82, 2.24) is 15.6 Å². The monoisotopic (exact) mass is 478 g/mol. The molecule has 3 N–H and O–H groups in total. The summed E-state index contributed by atoms with van der Waals surface area (Å²) < 4.78 is 10.9. The van der Waals surface area contributed by atoms with Gasteiger partial charge in [-0.25, -0.2) is 4.98 Å². The number of nitrogens with zero attached hydrogens (tertiary/aromatic N) is 1. The number of benzene rings is 1. The van der Waals surface area contributed by atoms with Gasteiger partial charge in [0.05, 0.1) is 18.2 Å². The van der Waals surface area contributed by atoms with Crippen LogP contribution in [0.15, 0.2) is 65.2 Å². The largest absolute Gasteiger partial charge is 0.448 e. The third kappa shape index (κ3) is 6.45. The van der Waals surface area contributed by atoms with Gasteiger partial charge >= 0.3 is 11.8 Å². The summed E-state index contributed by atoms with van der Waals surface area (Å²) in [6.07, 6.45) is 10.3. The first-order valence-corrected chi connectivity index (χ1v) is 11.6. The molecule has 2 unspecified atom stereocenters. The molecule has 2 aromatic rings. The Morgan fingerprint density at radius 1 is 1.11 bits per heavy atom. The Balaban J connectivity index is 1.30. The van der Waals surface area contributed by atoms with Crippen molar-refractivity contribution in [3.05, 3.63) is 72.1 Å². The second-order valence-electron chi connectivity index (χ2n) is 9.54. The Labute approximate surface area is 204 Å². The Bertz CT molecular complexity index is 1130. The van der Waals surface area contributed by atoms with Crippen LogP contribution in [0.4, 0.5) is 5.69 Å². The molecule has 4 rings (SSSR count). The molecule has 0 aliphatic heterocycles. The van der Waals surface area contributed by atoms with E-state index in [1.807, 2.05) is 44.2 Å². The van der Waals surface area contributed by atoms with Crippen LogP contribution in [0.25, 0.3) is 0 Å². The molecule has 3 amide bonds. The third-order valence-electron chi connectivity index (χ3n) is 5.96. The predicted molar refractivity (Wildman–Crippen MR) is 129 cm³/mol. The normalized spacial score (nSPS) is 19.6. The van der Waals surface area contributed by atoms with Gasteiger partial charge in [0, 0.05) is 30.0 Å². The molecule has 1 aromatic carbocycles. The van der Waals surface area contributed by atoms with Crippen LogP contribution in [0, 0.1) is 5.92 Å². The number of methoxy groups -OCH3 is 1. The number of hydrogen-bond acceptors (Lipinski definition) is 6. The maximum Gasteiger partial charge on any atom is 0.313 e. The first-order chi connectivity index (χ1) is 16.7. The van der Waals surface area contributed by atoms with Crippen molar-refractivity contribution in [3.63, 3.8) is 0 Å². The minimum absolute atomic E-state index is 0.0598. The van der Waals surface area contributed by atoms with Gasteiger partial charge in [0.25, 0.3) is 0 Å². The zero-order valence-electron chi connectivity index (χ0n) is 20.0. The average Bonchev–Trinajstić information content (AvgIpc) is 3.54. The Morgan fingerprint density at radius 2 is 1.86 bits per heavy atom. The summed E-state index contributed by atoms with van der Waals surface area (Å²) in [5.41, 5.74) is 1.52. The number of nitrogens with one attached hydrogen (secondary N) is 3. The third-order valence-corrected chi connectivity index (χ3v) is 5.96. The topological polar surface area (TPSA) is 123 Å². The highest BCUT2D eigenvalue weighted by Gasteiger charge is 2.30. The maximum atomic E-state index is 12.6. The van der Waals surface area contributed by atoms with Crippen molar-refractivity contribution >= 4 is 23.4 Å². The standard InChI is InChI=1S/C26H30N4O5/c1-26(2,13-16-4-8-18(9-5-16)28-23(31)17-6-7-17)30-25(33)24(32)29-19-10-11-20(21(12-19)34-3)22-14-27-15-35-22/h4-5,8-12,14-15,17,20-21H,6-7,13H2,1-3H3,(H,28,31)(H,29,32)(H,30,33). The van der Waals surface area contributed by atoms with Crippen LogP contribution in [0.1, 0.15) is 43.9 Å². The highest BCUT2D eigenvalue weighted by molar-refractivity contribution is 6.35. The Kier molecular flexibility index (Phi) is 7.16.